The zero-order chi connectivity index (χ0) is 26.0. The number of benzene rings is 4. The number of hydrogen-bond acceptors (Lipinski definition) is 5. The normalized spacial score (nSPS) is 14.4. The average molecular weight is 519 g/mol. The highest BCUT2D eigenvalue weighted by Gasteiger charge is 2.38. The van der Waals surface area contributed by atoms with Crippen molar-refractivity contribution in [3.63, 3.8) is 0 Å². The molecular weight excluding hydrogens is 495 g/mol. The van der Waals surface area contributed by atoms with Crippen molar-refractivity contribution in [3.8, 4) is 11.5 Å². The number of rotatable bonds is 8. The minimum Gasteiger partial charge on any atom is -0.488 e. The molecule has 0 saturated carbocycles. The zero-order valence-corrected chi connectivity index (χ0v) is 20.5. The van der Waals surface area contributed by atoms with Gasteiger partial charge < -0.3 is 9.47 Å². The molecule has 0 spiro atoms. The lowest BCUT2D eigenvalue weighted by Crippen LogP contribution is -2.30. The van der Waals surface area contributed by atoms with Gasteiger partial charge in [0.15, 0.2) is 5.82 Å². The molecule has 0 atom stereocenters. The topological polar surface area (TPSA) is 84.9 Å². The van der Waals surface area contributed by atoms with Crippen molar-refractivity contribution in [2.24, 2.45) is 0 Å². The van der Waals surface area contributed by atoms with Crippen LogP contribution in [0.2, 0.25) is 0 Å². The molecule has 188 valence electrons. The van der Waals surface area contributed by atoms with Gasteiger partial charge in [-0.15, -0.1) is 0 Å². The number of nitrogens with zero attached hydrogens (tertiary/aromatic N) is 1. The van der Waals surface area contributed by atoms with E-state index in [2.05, 4.69) is 6.58 Å². The molecule has 0 unspecified atom stereocenters. The molecule has 1 saturated heterocycles. The van der Waals surface area contributed by atoms with Gasteiger partial charge in [-0.1, -0.05) is 73.3 Å². The first-order valence-electron chi connectivity index (χ1n) is 11.4. The van der Waals surface area contributed by atoms with Gasteiger partial charge in [0.1, 0.15) is 36.9 Å². The number of hydrogen-bond donors (Lipinski definition) is 1. The Morgan fingerprint density at radius 1 is 0.919 bits per heavy atom. The lowest BCUT2D eigenvalue weighted by atomic mass is 10.0. The summed E-state index contributed by atoms with van der Waals surface area (Å²) in [6.45, 7) is 3.61. The molecule has 0 aromatic heterocycles. The molecule has 1 fully saturated rings. The number of fused-ring (bicyclic) bond motifs is 1. The summed E-state index contributed by atoms with van der Waals surface area (Å²) in [5, 5.41) is 0.576. The molecule has 4 aromatic carbocycles. The monoisotopic (exact) mass is 518 g/mol. The molecular formula is C28H23FN2O5S. The number of ether oxygens (including phenoxy) is 2. The van der Waals surface area contributed by atoms with E-state index in [1.807, 2.05) is 65.4 Å². The summed E-state index contributed by atoms with van der Waals surface area (Å²) in [6, 6.07) is 23.5. The van der Waals surface area contributed by atoms with E-state index in [0.29, 0.717) is 27.6 Å². The number of carbonyl (C=O) groups is 1. The van der Waals surface area contributed by atoms with Gasteiger partial charge in [0.2, 0.25) is 0 Å². The first-order chi connectivity index (χ1) is 17.9. The predicted molar refractivity (Wildman–Crippen MR) is 140 cm³/mol. The van der Waals surface area contributed by atoms with Crippen molar-refractivity contribution in [2.75, 3.05) is 10.8 Å². The second kappa shape index (κ2) is 9.94. The highest BCUT2D eigenvalue weighted by Crippen LogP contribution is 2.41. The minimum absolute atomic E-state index is 0.0192. The summed E-state index contributed by atoms with van der Waals surface area (Å²) in [5.74, 6) is -1.13. The Balaban J connectivity index is 1.61. The van der Waals surface area contributed by atoms with Crippen molar-refractivity contribution in [2.45, 2.75) is 13.2 Å². The first kappa shape index (κ1) is 24.3. The number of anilines is 1. The predicted octanol–water partition coefficient (Wildman–Crippen LogP) is 4.96. The number of nitrogens with one attached hydrogen (secondary N) is 1. The van der Waals surface area contributed by atoms with E-state index in [1.165, 1.54) is 6.08 Å². The van der Waals surface area contributed by atoms with Crippen molar-refractivity contribution < 1.29 is 27.1 Å². The maximum absolute atomic E-state index is 16.1. The van der Waals surface area contributed by atoms with Crippen LogP contribution in [0.15, 0.2) is 85.4 Å². The fraction of sp³-hybridized carbons (Fsp3) is 0.107. The quantitative estimate of drug-likeness (QED) is 0.356. The summed E-state index contributed by atoms with van der Waals surface area (Å²) in [4.78, 5) is 11.9. The van der Waals surface area contributed by atoms with Crippen LogP contribution in [-0.4, -0.2) is 20.9 Å². The molecule has 0 aliphatic carbocycles. The van der Waals surface area contributed by atoms with Crippen LogP contribution in [0.5, 0.6) is 11.5 Å². The van der Waals surface area contributed by atoms with Gasteiger partial charge in [0.25, 0.3) is 5.91 Å². The maximum atomic E-state index is 16.1. The standard InChI is InChI=1S/C28H23FN2O5S/c1-2-21-13-23-22(14-24(21)35-17-19-9-5-3-6-10-19)15-25(36-18-20-11-7-4-8-12-20)28(27(23)29)31-16-26(32)30-37(31,33)34/h2-15H,1,16-18H2,(H,30,32). The largest absolute Gasteiger partial charge is 0.488 e. The number of halogens is 1. The smallest absolute Gasteiger partial charge is 0.326 e. The lowest BCUT2D eigenvalue weighted by molar-refractivity contribution is -0.117. The average Bonchev–Trinajstić information content (AvgIpc) is 3.18. The summed E-state index contributed by atoms with van der Waals surface area (Å²) in [7, 11) is -4.28. The first-order valence-corrected chi connectivity index (χ1v) is 12.9. The summed E-state index contributed by atoms with van der Waals surface area (Å²) in [6.07, 6.45) is 1.54. The molecule has 1 N–H and O–H groups in total. The Morgan fingerprint density at radius 3 is 2.03 bits per heavy atom. The van der Waals surface area contributed by atoms with Crippen LogP contribution in [0.3, 0.4) is 0 Å². The molecule has 7 nitrogen and oxygen atoms in total. The zero-order valence-electron chi connectivity index (χ0n) is 19.7. The molecule has 5 rings (SSSR count). The van der Waals surface area contributed by atoms with E-state index < -0.39 is 28.5 Å². The molecule has 1 heterocycles. The molecule has 1 aliphatic heterocycles. The van der Waals surface area contributed by atoms with Crippen molar-refractivity contribution in [3.05, 3.63) is 108 Å². The van der Waals surface area contributed by atoms with Crippen LogP contribution in [0.4, 0.5) is 10.1 Å². The van der Waals surface area contributed by atoms with Gasteiger partial charge in [-0.3, -0.25) is 4.79 Å². The van der Waals surface area contributed by atoms with Crippen molar-refractivity contribution in [1.29, 1.82) is 0 Å². The van der Waals surface area contributed by atoms with Gasteiger partial charge in [-0.05, 0) is 34.7 Å². The SMILES string of the molecule is C=Cc1cc2c(F)c(N3CC(=O)NS3(=O)=O)c(OCc3ccccc3)cc2cc1OCc1ccccc1. The molecule has 0 radical (unpaired) electrons. The molecule has 1 amide bonds. The van der Waals surface area contributed by atoms with E-state index in [0.717, 1.165) is 11.1 Å². The molecule has 0 bridgehead atoms. The Morgan fingerprint density at radius 2 is 1.49 bits per heavy atom. The van der Waals surface area contributed by atoms with Crippen LogP contribution in [0, 0.1) is 5.82 Å². The fourth-order valence-corrected chi connectivity index (χ4v) is 5.27. The number of amides is 1. The summed E-state index contributed by atoms with van der Waals surface area (Å²) in [5.41, 5.74) is 1.96. The van der Waals surface area contributed by atoms with Gasteiger partial charge in [-0.2, -0.15) is 8.42 Å². The van der Waals surface area contributed by atoms with Gasteiger partial charge in [-0.25, -0.2) is 13.4 Å². The molecule has 1 aliphatic rings. The van der Waals surface area contributed by atoms with Gasteiger partial charge in [0.05, 0.1) is 0 Å². The van der Waals surface area contributed by atoms with Crippen LogP contribution in [-0.2, 0) is 28.2 Å². The third-order valence-corrected chi connectivity index (χ3v) is 7.29. The highest BCUT2D eigenvalue weighted by molar-refractivity contribution is 7.92. The van der Waals surface area contributed by atoms with Crippen LogP contribution >= 0.6 is 0 Å². The molecule has 9 heteroatoms. The molecule has 4 aromatic rings. The second-order valence-corrected chi connectivity index (χ2v) is 10.0. The minimum atomic E-state index is -4.28. The van der Waals surface area contributed by atoms with Crippen molar-refractivity contribution in [1.82, 2.24) is 4.72 Å². The Kier molecular flexibility index (Phi) is 6.54. The second-order valence-electron chi connectivity index (χ2n) is 8.44. The third-order valence-electron chi connectivity index (χ3n) is 5.91. The van der Waals surface area contributed by atoms with E-state index in [-0.39, 0.29) is 23.4 Å². The van der Waals surface area contributed by atoms with E-state index in [1.54, 1.807) is 18.2 Å². The van der Waals surface area contributed by atoms with E-state index in [9.17, 15) is 13.2 Å². The van der Waals surface area contributed by atoms with Crippen LogP contribution in [0.25, 0.3) is 16.8 Å². The van der Waals surface area contributed by atoms with E-state index in [4.69, 9.17) is 9.47 Å². The van der Waals surface area contributed by atoms with E-state index >= 15 is 4.39 Å². The summed E-state index contributed by atoms with van der Waals surface area (Å²) >= 11 is 0. The fourth-order valence-electron chi connectivity index (χ4n) is 4.11. The van der Waals surface area contributed by atoms with Crippen LogP contribution < -0.4 is 18.5 Å². The highest BCUT2D eigenvalue weighted by atomic mass is 32.2. The lowest BCUT2D eigenvalue weighted by Gasteiger charge is -2.22. The van der Waals surface area contributed by atoms with Gasteiger partial charge in [0, 0.05) is 10.9 Å². The Bertz CT molecular complexity index is 1590. The van der Waals surface area contributed by atoms with Crippen LogP contribution in [0.1, 0.15) is 16.7 Å². The Hall–Kier alpha value is -4.37. The maximum Gasteiger partial charge on any atom is 0.326 e. The summed E-state index contributed by atoms with van der Waals surface area (Å²) < 4.78 is 55.8. The van der Waals surface area contributed by atoms with Gasteiger partial charge >= 0.3 is 10.2 Å². The molecule has 37 heavy (non-hydrogen) atoms. The number of carbonyl (C=O) groups excluding carboxylic acids is 1. The third kappa shape index (κ3) is 4.99. The Labute approximate surface area is 213 Å². The van der Waals surface area contributed by atoms with Crippen molar-refractivity contribution >= 4 is 38.7 Å².